The zero-order chi connectivity index (χ0) is 53.4. The van der Waals surface area contributed by atoms with Crippen LogP contribution < -0.4 is 10.6 Å². The van der Waals surface area contributed by atoms with Crippen LogP contribution in [0.4, 0.5) is 0 Å². The summed E-state index contributed by atoms with van der Waals surface area (Å²) in [7, 11) is 0. The van der Waals surface area contributed by atoms with E-state index in [0.717, 1.165) is 103 Å². The van der Waals surface area contributed by atoms with Gasteiger partial charge in [-0.1, -0.05) is 156 Å². The van der Waals surface area contributed by atoms with Gasteiger partial charge in [-0.2, -0.15) is 0 Å². The number of hydrogen-bond acceptors (Lipinski definition) is 14. The molecule has 0 saturated carbocycles. The van der Waals surface area contributed by atoms with Crippen molar-refractivity contribution in [3.63, 3.8) is 0 Å². The van der Waals surface area contributed by atoms with Crippen molar-refractivity contribution < 1.29 is 47.5 Å². The second-order valence-corrected chi connectivity index (χ2v) is 21.4. The predicted molar refractivity (Wildman–Crippen MR) is 308 cm³/mol. The number of carbonyl (C=O) groups excluding carboxylic acids is 2. The Morgan fingerprint density at radius 3 is 1.01 bits per heavy atom. The normalized spacial score (nSPS) is 14.6. The number of rotatable bonds is 53. The van der Waals surface area contributed by atoms with Crippen LogP contribution in [0.5, 0.6) is 0 Å². The molecular weight excluding hydrogens is 977 g/mol. The van der Waals surface area contributed by atoms with E-state index in [1.54, 1.807) is 0 Å². The molecule has 0 spiro atoms. The van der Waals surface area contributed by atoms with Gasteiger partial charge in [0.2, 0.25) is 0 Å². The van der Waals surface area contributed by atoms with Crippen molar-refractivity contribution in [1.82, 2.24) is 20.4 Å². The first-order chi connectivity index (χ1) is 36.3. The van der Waals surface area contributed by atoms with Gasteiger partial charge in [0.15, 0.2) is 24.8 Å². The Morgan fingerprint density at radius 2 is 0.730 bits per heavy atom. The maximum Gasteiger partial charge on any atom is 0.306 e. The second-order valence-electron chi connectivity index (χ2n) is 20.7. The third-order valence-electron chi connectivity index (χ3n) is 13.9. The topological polar surface area (TPSA) is 139 Å². The summed E-state index contributed by atoms with van der Waals surface area (Å²) in [5.41, 5.74) is 0. The van der Waals surface area contributed by atoms with Gasteiger partial charge < -0.3 is 58.3 Å². The summed E-state index contributed by atoms with van der Waals surface area (Å²) in [6, 6.07) is 0. The van der Waals surface area contributed by atoms with Crippen LogP contribution in [0.2, 0.25) is 0 Å². The quantitative estimate of drug-likeness (QED) is 0.0258. The number of nitrogens with zero attached hydrogens (tertiary/aromatic N) is 2. The van der Waals surface area contributed by atoms with Crippen molar-refractivity contribution in [3.8, 4) is 0 Å². The van der Waals surface area contributed by atoms with Gasteiger partial charge >= 0.3 is 11.9 Å². The van der Waals surface area contributed by atoms with Crippen LogP contribution in [0, 0.1) is 0 Å². The minimum absolute atomic E-state index is 0.0874. The maximum atomic E-state index is 13.6. The van der Waals surface area contributed by atoms with Crippen LogP contribution in [0.25, 0.3) is 0 Å². The second kappa shape index (κ2) is 49.4. The Balaban J connectivity index is 2.15. The highest BCUT2D eigenvalue weighted by Gasteiger charge is 2.31. The molecule has 0 aromatic rings. The van der Waals surface area contributed by atoms with Crippen LogP contribution in [0.15, 0.2) is 0 Å². The molecule has 2 aliphatic heterocycles. The van der Waals surface area contributed by atoms with Gasteiger partial charge in [-0.3, -0.25) is 9.59 Å². The predicted octanol–water partition coefficient (Wildman–Crippen LogP) is 12.5. The van der Waals surface area contributed by atoms with Crippen molar-refractivity contribution in [1.29, 1.82) is 0 Å². The van der Waals surface area contributed by atoms with Gasteiger partial charge in [-0.15, -0.1) is 0 Å². The van der Waals surface area contributed by atoms with Crippen LogP contribution in [-0.4, -0.2) is 149 Å². The summed E-state index contributed by atoms with van der Waals surface area (Å²) in [5.74, 6) is -0.863. The fourth-order valence-corrected chi connectivity index (χ4v) is 9.23. The van der Waals surface area contributed by atoms with Crippen molar-refractivity contribution >= 4 is 46.7 Å². The van der Waals surface area contributed by atoms with E-state index in [9.17, 15) is 9.59 Å². The Kier molecular flexibility index (Phi) is 45.5. The van der Waals surface area contributed by atoms with Crippen molar-refractivity contribution in [2.75, 3.05) is 92.0 Å². The molecule has 0 aromatic carbocycles. The van der Waals surface area contributed by atoms with E-state index in [1.807, 2.05) is 0 Å². The van der Waals surface area contributed by atoms with Crippen LogP contribution in [0.1, 0.15) is 233 Å². The third-order valence-corrected chi connectivity index (χ3v) is 14.3. The molecule has 74 heavy (non-hydrogen) atoms. The highest BCUT2D eigenvalue weighted by Crippen LogP contribution is 2.17. The smallest absolute Gasteiger partial charge is 0.306 e. The molecule has 0 amide bonds. The van der Waals surface area contributed by atoms with Gasteiger partial charge in [-0.25, -0.2) is 0 Å². The lowest BCUT2D eigenvalue weighted by Gasteiger charge is -2.31. The molecule has 2 unspecified atom stereocenters. The van der Waals surface area contributed by atoms with E-state index >= 15 is 0 Å². The Hall–Kier alpha value is -1.92. The first-order valence-corrected chi connectivity index (χ1v) is 31.2. The Morgan fingerprint density at radius 1 is 0.432 bits per heavy atom. The zero-order valence-electron chi connectivity index (χ0n) is 47.6. The fourth-order valence-electron chi connectivity index (χ4n) is 8.77. The summed E-state index contributed by atoms with van der Waals surface area (Å²) in [6.45, 7) is 18.5. The standard InChI is InChI=1S/C58H110N4O10S2/c1-5-9-13-17-21-25-45-65-55(66-46-26-22-18-14-10-6-2)35-33-53(63)69-49-51(71-57(73)59-37-29-39-61-41-31-42-61)52(72-58(74)60-38-30-40-62-43-32-44-62)50-70-54(64)34-36-56(67-47-27-23-19-15-11-7-3)68-48-28-24-20-16-12-8-4/h51-52,55-56H,5-50H2,1-4H3,(H,59,73)(H,60,74). The molecule has 0 aromatic heterocycles. The maximum absolute atomic E-state index is 13.6. The molecule has 2 rings (SSSR count). The number of nitrogens with one attached hydrogen (secondary N) is 2. The molecule has 2 atom stereocenters. The molecule has 0 aliphatic carbocycles. The average molecular weight is 1090 g/mol. The van der Waals surface area contributed by atoms with E-state index in [-0.39, 0.29) is 36.4 Å². The van der Waals surface area contributed by atoms with Gasteiger partial charge in [-0.05, 0) is 115 Å². The number of thiocarbonyl (C=S) groups is 2. The minimum Gasteiger partial charge on any atom is -0.462 e. The van der Waals surface area contributed by atoms with E-state index in [0.29, 0.717) is 52.4 Å². The summed E-state index contributed by atoms with van der Waals surface area (Å²) >= 11 is 11.4. The molecule has 0 radical (unpaired) electrons. The van der Waals surface area contributed by atoms with E-state index < -0.39 is 36.7 Å². The minimum atomic E-state index is -0.958. The highest BCUT2D eigenvalue weighted by molar-refractivity contribution is 7.80. The molecule has 2 N–H and O–H groups in total. The molecule has 2 saturated heterocycles. The van der Waals surface area contributed by atoms with Gasteiger partial charge in [0.05, 0.1) is 12.8 Å². The largest absolute Gasteiger partial charge is 0.462 e. The van der Waals surface area contributed by atoms with Crippen molar-refractivity contribution in [2.24, 2.45) is 0 Å². The first-order valence-electron chi connectivity index (χ1n) is 30.4. The van der Waals surface area contributed by atoms with Crippen molar-refractivity contribution in [2.45, 2.75) is 258 Å². The number of esters is 2. The lowest BCUT2D eigenvalue weighted by atomic mass is 10.1. The third kappa shape index (κ3) is 39.4. The van der Waals surface area contributed by atoms with E-state index in [4.69, 9.17) is 62.3 Å². The lowest BCUT2D eigenvalue weighted by Crippen LogP contribution is -2.46. The number of ether oxygens (including phenoxy) is 8. The number of unbranched alkanes of at least 4 members (excludes halogenated alkanes) is 20. The summed E-state index contributed by atoms with van der Waals surface area (Å²) < 4.78 is 49.5. The molecule has 16 heteroatoms. The molecule has 2 heterocycles. The zero-order valence-corrected chi connectivity index (χ0v) is 49.3. The number of hydrogen-bond donors (Lipinski definition) is 2. The van der Waals surface area contributed by atoms with E-state index in [2.05, 4.69) is 48.1 Å². The molecule has 2 fully saturated rings. The van der Waals surface area contributed by atoms with E-state index in [1.165, 1.54) is 116 Å². The molecule has 0 bridgehead atoms. The highest BCUT2D eigenvalue weighted by atomic mass is 32.1. The molecular formula is C58H110N4O10S2. The Bertz CT molecular complexity index is 1220. The SMILES string of the molecule is CCCCCCCCOC(CCC(=O)OCC(OC(=S)NCCCN1CCC1)C(COC(=O)CCC(OCCCCCCCC)OCCCCCCCC)OC(=S)NCCCN1CCC1)OCCCCCCCC. The van der Waals surface area contributed by atoms with Crippen LogP contribution in [-0.2, 0) is 47.5 Å². The molecule has 14 nitrogen and oxygen atoms in total. The van der Waals surface area contributed by atoms with Gasteiger partial charge in [0, 0.05) is 52.4 Å². The lowest BCUT2D eigenvalue weighted by molar-refractivity contribution is -0.165. The van der Waals surface area contributed by atoms with Gasteiger partial charge in [0.1, 0.15) is 13.2 Å². The van der Waals surface area contributed by atoms with Crippen molar-refractivity contribution in [3.05, 3.63) is 0 Å². The number of likely N-dealkylation sites (tertiary alicyclic amines) is 2. The fraction of sp³-hybridized carbons (Fsp3) is 0.931. The summed E-state index contributed by atoms with van der Waals surface area (Å²) in [5, 5.41) is 6.73. The summed E-state index contributed by atoms with van der Waals surface area (Å²) in [4.78, 5) is 32.0. The molecule has 2 aliphatic rings. The first kappa shape index (κ1) is 68.2. The van der Waals surface area contributed by atoms with Crippen LogP contribution in [0.3, 0.4) is 0 Å². The average Bonchev–Trinajstić information content (AvgIpc) is 3.36. The summed E-state index contributed by atoms with van der Waals surface area (Å²) in [6.07, 6.45) is 30.1. The number of carbonyl (C=O) groups is 2. The van der Waals surface area contributed by atoms with Crippen LogP contribution >= 0.6 is 24.4 Å². The monoisotopic (exact) mass is 1090 g/mol. The van der Waals surface area contributed by atoms with Gasteiger partial charge in [0.25, 0.3) is 10.3 Å². The molecule has 434 valence electrons. The Labute approximate surface area is 462 Å².